The maximum Gasteiger partial charge on any atom is 0.387 e. The highest BCUT2D eigenvalue weighted by Gasteiger charge is 2.10. The van der Waals surface area contributed by atoms with Crippen LogP contribution in [-0.4, -0.2) is 38.1 Å². The summed E-state index contributed by atoms with van der Waals surface area (Å²) in [6, 6.07) is 4.78. The van der Waals surface area contributed by atoms with Crippen molar-refractivity contribution in [2.24, 2.45) is 0 Å². The highest BCUT2D eigenvalue weighted by molar-refractivity contribution is 9.10. The molecule has 0 heterocycles. The van der Waals surface area contributed by atoms with Gasteiger partial charge in [0.15, 0.2) is 0 Å². The van der Waals surface area contributed by atoms with Crippen molar-refractivity contribution in [3.8, 4) is 5.75 Å². The molecule has 2 N–H and O–H groups in total. The van der Waals surface area contributed by atoms with E-state index in [-0.39, 0.29) is 12.4 Å². The molecule has 4 nitrogen and oxygen atoms in total. The van der Waals surface area contributed by atoms with E-state index in [1.165, 1.54) is 13.2 Å². The molecule has 0 aliphatic rings. The van der Waals surface area contributed by atoms with E-state index in [4.69, 9.17) is 4.74 Å². The Hall–Kier alpha value is -0.760. The SMILES string of the molecule is COCC(O)CNCc1cc(Br)ccc1OC(F)F. The van der Waals surface area contributed by atoms with Crippen molar-refractivity contribution >= 4 is 15.9 Å². The van der Waals surface area contributed by atoms with Gasteiger partial charge in [0.05, 0.1) is 12.7 Å². The molecule has 1 aromatic rings. The Morgan fingerprint density at radius 1 is 1.42 bits per heavy atom. The molecule has 0 spiro atoms. The van der Waals surface area contributed by atoms with E-state index < -0.39 is 12.7 Å². The van der Waals surface area contributed by atoms with Crippen LogP contribution < -0.4 is 10.1 Å². The molecule has 0 aromatic heterocycles. The van der Waals surface area contributed by atoms with E-state index in [1.807, 2.05) is 0 Å². The number of aliphatic hydroxyl groups excluding tert-OH is 1. The van der Waals surface area contributed by atoms with E-state index in [1.54, 1.807) is 12.1 Å². The van der Waals surface area contributed by atoms with Crippen LogP contribution in [0.5, 0.6) is 5.75 Å². The molecule has 0 radical (unpaired) electrons. The minimum Gasteiger partial charge on any atom is -0.434 e. The van der Waals surface area contributed by atoms with Crippen molar-refractivity contribution in [1.82, 2.24) is 5.32 Å². The van der Waals surface area contributed by atoms with Crippen molar-refractivity contribution < 1.29 is 23.4 Å². The van der Waals surface area contributed by atoms with Crippen molar-refractivity contribution in [1.29, 1.82) is 0 Å². The van der Waals surface area contributed by atoms with Gasteiger partial charge in [-0.05, 0) is 18.2 Å². The van der Waals surface area contributed by atoms with Crippen LogP contribution in [-0.2, 0) is 11.3 Å². The van der Waals surface area contributed by atoms with Gasteiger partial charge in [0, 0.05) is 30.2 Å². The number of nitrogens with one attached hydrogen (secondary N) is 1. The summed E-state index contributed by atoms with van der Waals surface area (Å²) >= 11 is 3.27. The topological polar surface area (TPSA) is 50.7 Å². The van der Waals surface area contributed by atoms with Gasteiger partial charge in [0.2, 0.25) is 0 Å². The van der Waals surface area contributed by atoms with E-state index in [9.17, 15) is 13.9 Å². The van der Waals surface area contributed by atoms with Crippen LogP contribution >= 0.6 is 15.9 Å². The molecule has 19 heavy (non-hydrogen) atoms. The fourth-order valence-electron chi connectivity index (χ4n) is 1.52. The molecule has 0 saturated heterocycles. The molecule has 0 bridgehead atoms. The van der Waals surface area contributed by atoms with Crippen LogP contribution in [0.15, 0.2) is 22.7 Å². The minimum absolute atomic E-state index is 0.118. The molecule has 1 unspecified atom stereocenters. The Balaban J connectivity index is 2.57. The first-order valence-corrected chi connectivity index (χ1v) is 6.43. The summed E-state index contributed by atoms with van der Waals surface area (Å²) in [5.41, 5.74) is 0.583. The number of ether oxygens (including phenoxy) is 2. The second-order valence-electron chi connectivity index (χ2n) is 3.87. The number of hydrogen-bond acceptors (Lipinski definition) is 4. The minimum atomic E-state index is -2.86. The van der Waals surface area contributed by atoms with Crippen molar-refractivity contribution in [3.63, 3.8) is 0 Å². The molecule has 7 heteroatoms. The lowest BCUT2D eigenvalue weighted by Gasteiger charge is -2.14. The Labute approximate surface area is 118 Å². The lowest BCUT2D eigenvalue weighted by molar-refractivity contribution is -0.0505. The second-order valence-corrected chi connectivity index (χ2v) is 4.79. The smallest absolute Gasteiger partial charge is 0.387 e. The molecule has 0 amide bonds. The van der Waals surface area contributed by atoms with Gasteiger partial charge in [-0.15, -0.1) is 0 Å². The normalized spacial score (nSPS) is 12.7. The van der Waals surface area contributed by atoms with E-state index in [0.29, 0.717) is 18.7 Å². The number of benzene rings is 1. The number of hydrogen-bond donors (Lipinski definition) is 2. The lowest BCUT2D eigenvalue weighted by Crippen LogP contribution is -2.29. The van der Waals surface area contributed by atoms with E-state index in [2.05, 4.69) is 26.0 Å². The van der Waals surface area contributed by atoms with Gasteiger partial charge in [-0.1, -0.05) is 15.9 Å². The molecule has 0 aliphatic heterocycles. The standard InChI is InChI=1S/C12H16BrF2NO3/c1-18-7-10(17)6-16-5-8-4-9(13)2-3-11(8)19-12(14)15/h2-4,10,12,16-17H,5-7H2,1H3. The number of halogens is 3. The Kier molecular flexibility index (Phi) is 7.22. The average molecular weight is 340 g/mol. The third-order valence-corrected chi connectivity index (χ3v) is 2.79. The summed E-state index contributed by atoms with van der Waals surface area (Å²) < 4.78 is 34.5. The molecular formula is C12H16BrF2NO3. The molecule has 1 rings (SSSR count). The van der Waals surface area contributed by atoms with Gasteiger partial charge in [0.25, 0.3) is 0 Å². The summed E-state index contributed by atoms with van der Waals surface area (Å²) in [5.74, 6) is 0.118. The fraction of sp³-hybridized carbons (Fsp3) is 0.500. The number of aliphatic hydroxyl groups is 1. The molecule has 0 aliphatic carbocycles. The van der Waals surface area contributed by atoms with Gasteiger partial charge in [-0.2, -0.15) is 8.78 Å². The maximum atomic E-state index is 12.2. The van der Waals surface area contributed by atoms with Crippen LogP contribution in [0, 0.1) is 0 Å². The third kappa shape index (κ3) is 6.29. The maximum absolute atomic E-state index is 12.2. The van der Waals surface area contributed by atoms with Gasteiger partial charge in [-0.25, -0.2) is 0 Å². The third-order valence-electron chi connectivity index (χ3n) is 2.29. The van der Waals surface area contributed by atoms with Crippen LogP contribution in [0.2, 0.25) is 0 Å². The van der Waals surface area contributed by atoms with Crippen molar-refractivity contribution in [2.45, 2.75) is 19.3 Å². The average Bonchev–Trinajstić information content (AvgIpc) is 2.32. The highest BCUT2D eigenvalue weighted by atomic mass is 79.9. The largest absolute Gasteiger partial charge is 0.434 e. The van der Waals surface area contributed by atoms with Crippen molar-refractivity contribution in [2.75, 3.05) is 20.3 Å². The second kappa shape index (κ2) is 8.42. The molecular weight excluding hydrogens is 324 g/mol. The van der Waals surface area contributed by atoms with Gasteiger partial charge in [-0.3, -0.25) is 0 Å². The van der Waals surface area contributed by atoms with Gasteiger partial charge in [0.1, 0.15) is 5.75 Å². The van der Waals surface area contributed by atoms with Gasteiger partial charge >= 0.3 is 6.61 Å². The van der Waals surface area contributed by atoms with E-state index in [0.717, 1.165) is 4.47 Å². The Morgan fingerprint density at radius 2 is 2.16 bits per heavy atom. The first-order valence-electron chi connectivity index (χ1n) is 5.64. The summed E-state index contributed by atoms with van der Waals surface area (Å²) in [4.78, 5) is 0. The zero-order valence-corrected chi connectivity index (χ0v) is 12.0. The molecule has 1 atom stereocenters. The van der Waals surface area contributed by atoms with E-state index >= 15 is 0 Å². The fourth-order valence-corrected chi connectivity index (χ4v) is 1.93. The summed E-state index contributed by atoms with van der Waals surface area (Å²) in [6.07, 6.45) is -0.642. The van der Waals surface area contributed by atoms with Gasteiger partial charge < -0.3 is 19.9 Å². The lowest BCUT2D eigenvalue weighted by atomic mass is 10.2. The number of alkyl halides is 2. The molecule has 1 aromatic carbocycles. The summed E-state index contributed by atoms with van der Waals surface area (Å²) in [7, 11) is 1.49. The van der Waals surface area contributed by atoms with Crippen LogP contribution in [0.1, 0.15) is 5.56 Å². The first kappa shape index (κ1) is 16.3. The summed E-state index contributed by atoms with van der Waals surface area (Å²) in [5, 5.41) is 12.4. The first-order chi connectivity index (χ1) is 9.02. The summed E-state index contributed by atoms with van der Waals surface area (Å²) in [6.45, 7) is -2.04. The quantitative estimate of drug-likeness (QED) is 0.762. The highest BCUT2D eigenvalue weighted by Crippen LogP contribution is 2.24. The zero-order chi connectivity index (χ0) is 14.3. The van der Waals surface area contributed by atoms with Crippen molar-refractivity contribution in [3.05, 3.63) is 28.2 Å². The molecule has 0 saturated carbocycles. The van der Waals surface area contributed by atoms with Crippen LogP contribution in [0.25, 0.3) is 0 Å². The Morgan fingerprint density at radius 3 is 2.79 bits per heavy atom. The predicted molar refractivity (Wildman–Crippen MR) is 70.4 cm³/mol. The van der Waals surface area contributed by atoms with Crippen LogP contribution in [0.3, 0.4) is 0 Å². The zero-order valence-electron chi connectivity index (χ0n) is 10.4. The van der Waals surface area contributed by atoms with Crippen LogP contribution in [0.4, 0.5) is 8.78 Å². The molecule has 0 fully saturated rings. The predicted octanol–water partition coefficient (Wildman–Crippen LogP) is 2.15. The molecule has 108 valence electrons. The number of methoxy groups -OCH3 is 1. The monoisotopic (exact) mass is 339 g/mol. The number of rotatable bonds is 8. The Bertz CT molecular complexity index is 393.